The third-order valence-electron chi connectivity index (χ3n) is 3.81. The highest BCUT2D eigenvalue weighted by atomic mass is 16.6. The maximum Gasteiger partial charge on any atom is 0.131 e. The molecule has 1 atom stereocenters. The lowest BCUT2D eigenvalue weighted by atomic mass is 10.0. The average molecular weight is 277 g/mol. The minimum Gasteiger partial charge on any atom is -0.378 e. The van der Waals surface area contributed by atoms with Crippen LogP contribution in [0, 0.1) is 0 Å². The molecule has 3 heterocycles. The van der Waals surface area contributed by atoms with Crippen LogP contribution in [0.25, 0.3) is 0 Å². The van der Waals surface area contributed by atoms with Gasteiger partial charge in [-0.1, -0.05) is 6.07 Å². The van der Waals surface area contributed by atoms with Crippen molar-refractivity contribution in [2.24, 2.45) is 0 Å². The molecule has 1 aromatic rings. The summed E-state index contributed by atoms with van der Waals surface area (Å²) in [5.74, 6) is 1.95. The normalized spacial score (nSPS) is 26.4. The summed E-state index contributed by atoms with van der Waals surface area (Å²) in [6.07, 6.45) is 0.980. The predicted octanol–water partition coefficient (Wildman–Crippen LogP) is 1.90. The number of anilines is 2. The first-order chi connectivity index (χ1) is 9.67. The highest BCUT2D eigenvalue weighted by Gasteiger charge is 2.40. The number of nitrogens with one attached hydrogen (secondary N) is 1. The Balaban J connectivity index is 1.74. The van der Waals surface area contributed by atoms with Crippen LogP contribution in [0.2, 0.25) is 0 Å². The Bertz CT molecular complexity index is 458. The molecule has 0 bridgehead atoms. The zero-order valence-electron chi connectivity index (χ0n) is 12.3. The minimum absolute atomic E-state index is 0.124. The lowest BCUT2D eigenvalue weighted by Crippen LogP contribution is -2.52. The quantitative estimate of drug-likeness (QED) is 0.914. The summed E-state index contributed by atoms with van der Waals surface area (Å²) in [5, 5.41) is 3.35. The predicted molar refractivity (Wildman–Crippen MR) is 79.3 cm³/mol. The van der Waals surface area contributed by atoms with Gasteiger partial charge in [-0.25, -0.2) is 4.98 Å². The van der Waals surface area contributed by atoms with Crippen LogP contribution in [-0.4, -0.2) is 49.5 Å². The summed E-state index contributed by atoms with van der Waals surface area (Å²) in [7, 11) is 0. The summed E-state index contributed by atoms with van der Waals surface area (Å²) in [6, 6.07) is 6.52. The van der Waals surface area contributed by atoms with E-state index in [9.17, 15) is 0 Å². The molecule has 0 aromatic carbocycles. The number of pyridine rings is 1. The smallest absolute Gasteiger partial charge is 0.131 e. The Morgan fingerprint density at radius 3 is 3.00 bits per heavy atom. The summed E-state index contributed by atoms with van der Waals surface area (Å²) in [5.41, 5.74) is -0.124. The second-order valence-electron chi connectivity index (χ2n) is 5.94. The van der Waals surface area contributed by atoms with Crippen LogP contribution in [0.3, 0.4) is 0 Å². The van der Waals surface area contributed by atoms with E-state index in [2.05, 4.69) is 36.2 Å². The van der Waals surface area contributed by atoms with Crippen LogP contribution in [0.1, 0.15) is 20.3 Å². The molecule has 1 aromatic heterocycles. The van der Waals surface area contributed by atoms with E-state index in [1.165, 1.54) is 0 Å². The van der Waals surface area contributed by atoms with Gasteiger partial charge in [0.1, 0.15) is 17.2 Å². The SMILES string of the molecule is CC(C)Nc1cccc(N2CCO[C@@]3(CCOC3)C2)n1. The zero-order chi connectivity index (χ0) is 14.0. The Labute approximate surface area is 120 Å². The topological polar surface area (TPSA) is 46.6 Å². The number of hydrogen-bond acceptors (Lipinski definition) is 5. The first-order valence-electron chi connectivity index (χ1n) is 7.37. The molecule has 20 heavy (non-hydrogen) atoms. The van der Waals surface area contributed by atoms with Gasteiger partial charge in [-0.3, -0.25) is 0 Å². The Morgan fingerprint density at radius 2 is 2.25 bits per heavy atom. The molecule has 0 amide bonds. The fourth-order valence-corrected chi connectivity index (χ4v) is 2.84. The molecule has 0 unspecified atom stereocenters. The van der Waals surface area contributed by atoms with E-state index in [-0.39, 0.29) is 5.60 Å². The van der Waals surface area contributed by atoms with Crippen molar-refractivity contribution < 1.29 is 9.47 Å². The van der Waals surface area contributed by atoms with Gasteiger partial charge in [-0.2, -0.15) is 0 Å². The zero-order valence-corrected chi connectivity index (χ0v) is 12.3. The van der Waals surface area contributed by atoms with Crippen LogP contribution in [0.5, 0.6) is 0 Å². The summed E-state index contributed by atoms with van der Waals surface area (Å²) in [4.78, 5) is 7.02. The molecule has 3 rings (SSSR count). The van der Waals surface area contributed by atoms with Crippen molar-refractivity contribution in [3.8, 4) is 0 Å². The molecule has 2 aliphatic heterocycles. The number of rotatable bonds is 3. The first kappa shape index (κ1) is 13.6. The summed E-state index contributed by atoms with van der Waals surface area (Å²) >= 11 is 0. The van der Waals surface area contributed by atoms with E-state index in [1.807, 2.05) is 6.07 Å². The summed E-state index contributed by atoms with van der Waals surface area (Å²) in [6.45, 7) is 8.24. The van der Waals surface area contributed by atoms with Crippen molar-refractivity contribution in [2.45, 2.75) is 31.9 Å². The van der Waals surface area contributed by atoms with Gasteiger partial charge in [0.15, 0.2) is 0 Å². The molecular formula is C15H23N3O2. The standard InChI is InChI=1S/C15H23N3O2/c1-12(2)16-13-4-3-5-14(17-13)18-7-9-20-15(10-18)6-8-19-11-15/h3-5,12H,6-11H2,1-2H3,(H,16,17)/t15-/m0/s1. The molecule has 5 heteroatoms. The molecule has 0 saturated carbocycles. The molecule has 1 N–H and O–H groups in total. The monoisotopic (exact) mass is 277 g/mol. The third kappa shape index (κ3) is 2.88. The Morgan fingerprint density at radius 1 is 1.35 bits per heavy atom. The van der Waals surface area contributed by atoms with Gasteiger partial charge < -0.3 is 19.7 Å². The van der Waals surface area contributed by atoms with Crippen molar-refractivity contribution >= 4 is 11.6 Å². The summed E-state index contributed by atoms with van der Waals surface area (Å²) < 4.78 is 11.5. The second-order valence-corrected chi connectivity index (χ2v) is 5.94. The third-order valence-corrected chi connectivity index (χ3v) is 3.81. The second kappa shape index (κ2) is 5.58. The van der Waals surface area contributed by atoms with E-state index < -0.39 is 0 Å². The fraction of sp³-hybridized carbons (Fsp3) is 0.667. The lowest BCUT2D eigenvalue weighted by molar-refractivity contribution is -0.0581. The van der Waals surface area contributed by atoms with Gasteiger partial charge in [-0.15, -0.1) is 0 Å². The van der Waals surface area contributed by atoms with Gasteiger partial charge in [0.2, 0.25) is 0 Å². The van der Waals surface area contributed by atoms with Crippen molar-refractivity contribution in [3.63, 3.8) is 0 Å². The molecule has 2 fully saturated rings. The first-order valence-corrected chi connectivity index (χ1v) is 7.37. The van der Waals surface area contributed by atoms with E-state index in [4.69, 9.17) is 14.5 Å². The van der Waals surface area contributed by atoms with E-state index >= 15 is 0 Å². The molecule has 1 spiro atoms. The maximum atomic E-state index is 5.96. The van der Waals surface area contributed by atoms with E-state index in [0.29, 0.717) is 12.6 Å². The van der Waals surface area contributed by atoms with E-state index in [0.717, 1.165) is 44.4 Å². The number of morpholine rings is 1. The van der Waals surface area contributed by atoms with Gasteiger partial charge in [0, 0.05) is 25.6 Å². The Kier molecular flexibility index (Phi) is 3.81. The molecule has 0 radical (unpaired) electrons. The average Bonchev–Trinajstić information content (AvgIpc) is 2.86. The molecular weight excluding hydrogens is 254 g/mol. The number of aromatic nitrogens is 1. The van der Waals surface area contributed by atoms with Crippen LogP contribution < -0.4 is 10.2 Å². The van der Waals surface area contributed by atoms with Gasteiger partial charge in [0.25, 0.3) is 0 Å². The van der Waals surface area contributed by atoms with Crippen molar-refractivity contribution in [2.75, 3.05) is 43.1 Å². The number of hydrogen-bond donors (Lipinski definition) is 1. The van der Waals surface area contributed by atoms with Crippen LogP contribution in [-0.2, 0) is 9.47 Å². The minimum atomic E-state index is -0.124. The number of ether oxygens (including phenoxy) is 2. The highest BCUT2D eigenvalue weighted by Crippen LogP contribution is 2.29. The largest absolute Gasteiger partial charge is 0.378 e. The van der Waals surface area contributed by atoms with Gasteiger partial charge >= 0.3 is 0 Å². The molecule has 5 nitrogen and oxygen atoms in total. The van der Waals surface area contributed by atoms with Crippen LogP contribution in [0.4, 0.5) is 11.6 Å². The molecule has 2 saturated heterocycles. The van der Waals surface area contributed by atoms with Crippen molar-refractivity contribution in [3.05, 3.63) is 18.2 Å². The fourth-order valence-electron chi connectivity index (χ4n) is 2.84. The molecule has 0 aliphatic carbocycles. The van der Waals surface area contributed by atoms with Crippen molar-refractivity contribution in [1.82, 2.24) is 4.98 Å². The highest BCUT2D eigenvalue weighted by molar-refractivity contribution is 5.48. The molecule has 110 valence electrons. The maximum absolute atomic E-state index is 5.96. The Hall–Kier alpha value is -1.33. The molecule has 2 aliphatic rings. The van der Waals surface area contributed by atoms with Gasteiger partial charge in [-0.05, 0) is 26.0 Å². The number of nitrogens with zero attached hydrogens (tertiary/aromatic N) is 2. The lowest BCUT2D eigenvalue weighted by Gasteiger charge is -2.40. The van der Waals surface area contributed by atoms with Crippen LogP contribution in [0.15, 0.2) is 18.2 Å². The van der Waals surface area contributed by atoms with E-state index in [1.54, 1.807) is 0 Å². The van der Waals surface area contributed by atoms with Crippen molar-refractivity contribution in [1.29, 1.82) is 0 Å². The van der Waals surface area contributed by atoms with Crippen LogP contribution >= 0.6 is 0 Å². The van der Waals surface area contributed by atoms with Gasteiger partial charge in [0.05, 0.1) is 19.8 Å².